The Morgan fingerprint density at radius 1 is 1.45 bits per heavy atom. The molecule has 1 spiro atoms. The molecule has 1 aromatic rings. The van der Waals surface area contributed by atoms with Gasteiger partial charge in [-0.25, -0.2) is 4.39 Å². The zero-order valence-corrected chi connectivity index (χ0v) is 11.3. The molecule has 3 atom stereocenters. The molecule has 4 rings (SSSR count). The first-order valence-electron chi connectivity index (χ1n) is 7.09. The van der Waals surface area contributed by atoms with Crippen LogP contribution in [0.4, 0.5) is 10.1 Å². The van der Waals surface area contributed by atoms with Crippen molar-refractivity contribution in [3.8, 4) is 0 Å². The van der Waals surface area contributed by atoms with Gasteiger partial charge in [0.1, 0.15) is 5.82 Å². The predicted octanol–water partition coefficient (Wildman–Crippen LogP) is 3.12. The van der Waals surface area contributed by atoms with Crippen molar-refractivity contribution in [2.24, 2.45) is 5.92 Å². The second kappa shape index (κ2) is 3.92. The summed E-state index contributed by atoms with van der Waals surface area (Å²) in [6, 6.07) is 4.47. The summed E-state index contributed by atoms with van der Waals surface area (Å²) in [7, 11) is 0. The van der Waals surface area contributed by atoms with Gasteiger partial charge >= 0.3 is 0 Å². The van der Waals surface area contributed by atoms with Gasteiger partial charge in [-0.1, -0.05) is 17.7 Å². The van der Waals surface area contributed by atoms with E-state index in [1.54, 1.807) is 6.07 Å². The van der Waals surface area contributed by atoms with Crippen LogP contribution in [-0.2, 0) is 15.1 Å². The number of benzene rings is 1. The van der Waals surface area contributed by atoms with Crippen LogP contribution < -0.4 is 5.32 Å². The minimum Gasteiger partial charge on any atom is -0.356 e. The minimum atomic E-state index is -0.955. The lowest BCUT2D eigenvalue weighted by Gasteiger charge is -2.42. The zero-order chi connectivity index (χ0) is 13.9. The van der Waals surface area contributed by atoms with E-state index in [4.69, 9.17) is 4.74 Å². The van der Waals surface area contributed by atoms with Crippen LogP contribution in [-0.4, -0.2) is 12.0 Å². The van der Waals surface area contributed by atoms with E-state index in [0.29, 0.717) is 5.69 Å². The van der Waals surface area contributed by atoms with Gasteiger partial charge in [0.15, 0.2) is 5.60 Å². The predicted molar refractivity (Wildman–Crippen MR) is 72.7 cm³/mol. The lowest BCUT2D eigenvalue weighted by molar-refractivity contribution is -0.165. The van der Waals surface area contributed by atoms with E-state index in [1.165, 1.54) is 17.7 Å². The van der Waals surface area contributed by atoms with Crippen LogP contribution in [0.15, 0.2) is 29.8 Å². The van der Waals surface area contributed by atoms with Gasteiger partial charge in [-0.05, 0) is 38.3 Å². The van der Waals surface area contributed by atoms with Crippen LogP contribution >= 0.6 is 0 Å². The maximum absolute atomic E-state index is 13.4. The zero-order valence-electron chi connectivity index (χ0n) is 11.3. The molecule has 1 aromatic carbocycles. The summed E-state index contributed by atoms with van der Waals surface area (Å²) in [6.07, 6.45) is 5.03. The molecule has 1 unspecified atom stereocenters. The Balaban J connectivity index is 1.91. The number of carbonyl (C=O) groups excluding carboxylic acids is 1. The van der Waals surface area contributed by atoms with Gasteiger partial charge < -0.3 is 10.1 Å². The number of carbonyl (C=O) groups is 1. The molecule has 104 valence electrons. The fraction of sp³-hybridized carbons (Fsp3) is 0.438. The monoisotopic (exact) mass is 273 g/mol. The molecule has 0 bridgehead atoms. The highest BCUT2D eigenvalue weighted by molar-refractivity contribution is 6.05. The Bertz CT molecular complexity index is 639. The molecule has 1 N–H and O–H groups in total. The third-order valence-electron chi connectivity index (χ3n) is 4.68. The molecular weight excluding hydrogens is 257 g/mol. The lowest BCUT2D eigenvalue weighted by Crippen LogP contribution is -2.49. The second-order valence-electron chi connectivity index (χ2n) is 5.92. The Labute approximate surface area is 116 Å². The van der Waals surface area contributed by atoms with E-state index in [0.717, 1.165) is 24.8 Å². The maximum Gasteiger partial charge on any atom is 0.262 e. The fourth-order valence-corrected chi connectivity index (χ4v) is 3.97. The van der Waals surface area contributed by atoms with Crippen LogP contribution in [0.3, 0.4) is 0 Å². The number of hydrogen-bond acceptors (Lipinski definition) is 2. The van der Waals surface area contributed by atoms with Crippen molar-refractivity contribution < 1.29 is 13.9 Å². The first-order valence-corrected chi connectivity index (χ1v) is 7.09. The van der Waals surface area contributed by atoms with Crippen molar-refractivity contribution in [3.05, 3.63) is 41.2 Å². The van der Waals surface area contributed by atoms with Gasteiger partial charge in [0.25, 0.3) is 5.91 Å². The van der Waals surface area contributed by atoms with Gasteiger partial charge in [0, 0.05) is 11.5 Å². The molecule has 1 fully saturated rings. The number of ether oxygens (including phenoxy) is 1. The number of rotatable bonds is 0. The molecule has 1 aliphatic carbocycles. The molecule has 2 aliphatic heterocycles. The molecule has 1 saturated heterocycles. The van der Waals surface area contributed by atoms with Gasteiger partial charge in [-0.2, -0.15) is 0 Å². The van der Waals surface area contributed by atoms with E-state index in [-0.39, 0.29) is 23.7 Å². The molecule has 2 heterocycles. The topological polar surface area (TPSA) is 38.3 Å². The standard InChI is InChI=1S/C16H16FNO2/c1-9-7-10-3-2-4-12(10)16(20-9)13-6-5-11(17)8-14(13)18-15(16)19/h3,5-6,8-9,12H,2,4,7H2,1H3,(H,18,19)/t9-,12?,16-/m1/s1. The molecule has 3 aliphatic rings. The normalized spacial score (nSPS) is 34.7. The van der Waals surface area contributed by atoms with Crippen LogP contribution in [0, 0.1) is 11.7 Å². The first kappa shape index (κ1) is 12.1. The van der Waals surface area contributed by atoms with E-state index in [1.807, 2.05) is 6.92 Å². The average molecular weight is 273 g/mol. The number of fused-ring (bicyclic) bond motifs is 4. The summed E-state index contributed by atoms with van der Waals surface area (Å²) in [5.41, 5.74) is 1.70. The van der Waals surface area contributed by atoms with Gasteiger partial charge in [-0.3, -0.25) is 4.79 Å². The van der Waals surface area contributed by atoms with Crippen molar-refractivity contribution in [1.82, 2.24) is 0 Å². The fourth-order valence-electron chi connectivity index (χ4n) is 3.97. The molecule has 0 aromatic heterocycles. The molecule has 4 heteroatoms. The van der Waals surface area contributed by atoms with Crippen LogP contribution in [0.2, 0.25) is 0 Å². The summed E-state index contributed by atoms with van der Waals surface area (Å²) in [4.78, 5) is 12.6. The molecule has 20 heavy (non-hydrogen) atoms. The number of nitrogens with one attached hydrogen (secondary N) is 1. The molecule has 3 nitrogen and oxygen atoms in total. The third kappa shape index (κ3) is 1.40. The number of hydrogen-bond donors (Lipinski definition) is 1. The highest BCUT2D eigenvalue weighted by Crippen LogP contribution is 2.54. The summed E-state index contributed by atoms with van der Waals surface area (Å²) in [5, 5.41) is 2.80. The quantitative estimate of drug-likeness (QED) is 0.738. The lowest BCUT2D eigenvalue weighted by atomic mass is 9.74. The summed E-state index contributed by atoms with van der Waals surface area (Å²) in [6.45, 7) is 1.99. The molecule has 0 radical (unpaired) electrons. The Hall–Kier alpha value is -1.68. The van der Waals surface area contributed by atoms with Gasteiger partial charge in [0.05, 0.1) is 11.8 Å². The Kier molecular flexibility index (Phi) is 2.37. The van der Waals surface area contributed by atoms with Crippen LogP contribution in [0.25, 0.3) is 0 Å². The average Bonchev–Trinajstić information content (AvgIpc) is 2.94. The summed E-state index contributed by atoms with van der Waals surface area (Å²) in [5.74, 6) is -0.403. The highest BCUT2D eigenvalue weighted by atomic mass is 19.1. The molecular formula is C16H16FNO2. The van der Waals surface area contributed by atoms with Crippen molar-refractivity contribution >= 4 is 11.6 Å². The van der Waals surface area contributed by atoms with E-state index in [9.17, 15) is 9.18 Å². The largest absolute Gasteiger partial charge is 0.356 e. The smallest absolute Gasteiger partial charge is 0.262 e. The maximum atomic E-state index is 13.4. The SMILES string of the molecule is C[C@@H]1CC2=CCCC2[C@]2(O1)C(=O)Nc1cc(F)ccc12. The van der Waals surface area contributed by atoms with Crippen molar-refractivity contribution in [3.63, 3.8) is 0 Å². The Morgan fingerprint density at radius 3 is 3.15 bits per heavy atom. The van der Waals surface area contributed by atoms with Crippen molar-refractivity contribution in [2.75, 3.05) is 5.32 Å². The first-order chi connectivity index (χ1) is 9.61. The van der Waals surface area contributed by atoms with E-state index < -0.39 is 5.60 Å². The van der Waals surface area contributed by atoms with Gasteiger partial charge in [-0.15, -0.1) is 0 Å². The van der Waals surface area contributed by atoms with Crippen LogP contribution in [0.5, 0.6) is 0 Å². The Morgan fingerprint density at radius 2 is 2.30 bits per heavy atom. The van der Waals surface area contributed by atoms with Crippen molar-refractivity contribution in [2.45, 2.75) is 37.9 Å². The van der Waals surface area contributed by atoms with Gasteiger partial charge in [0.2, 0.25) is 0 Å². The molecule has 0 saturated carbocycles. The minimum absolute atomic E-state index is 0.00245. The number of amides is 1. The molecule has 1 amide bonds. The number of halogens is 1. The summed E-state index contributed by atoms with van der Waals surface area (Å²) < 4.78 is 19.5. The second-order valence-corrected chi connectivity index (χ2v) is 5.92. The highest BCUT2D eigenvalue weighted by Gasteiger charge is 2.58. The van der Waals surface area contributed by atoms with E-state index >= 15 is 0 Å². The van der Waals surface area contributed by atoms with E-state index in [2.05, 4.69) is 11.4 Å². The number of anilines is 1. The van der Waals surface area contributed by atoms with Crippen molar-refractivity contribution in [1.29, 1.82) is 0 Å². The number of allylic oxidation sites excluding steroid dienone is 1. The third-order valence-corrected chi connectivity index (χ3v) is 4.68. The van der Waals surface area contributed by atoms with Crippen LogP contribution in [0.1, 0.15) is 31.7 Å². The summed E-state index contributed by atoms with van der Waals surface area (Å²) >= 11 is 0.